The number of aromatic nitrogens is 3. The first-order valence-electron chi connectivity index (χ1n) is 4.35. The molecule has 0 bridgehead atoms. The summed E-state index contributed by atoms with van der Waals surface area (Å²) in [5, 5.41) is 0. The van der Waals surface area contributed by atoms with Gasteiger partial charge in [-0.05, 0) is 0 Å². The number of hydrogen-bond acceptors (Lipinski definition) is 10. The second-order valence-corrected chi connectivity index (χ2v) is 2.21. The second-order valence-electron chi connectivity index (χ2n) is 2.21. The lowest BCUT2D eigenvalue weighted by Crippen LogP contribution is -2.18. The van der Waals surface area contributed by atoms with Crippen LogP contribution in [-0.2, 0) is 9.59 Å². The van der Waals surface area contributed by atoms with Crippen LogP contribution in [0.2, 0.25) is 0 Å². The maximum Gasteiger partial charge on any atom is 0.309 e. The highest BCUT2D eigenvalue weighted by Crippen LogP contribution is 1.97. The van der Waals surface area contributed by atoms with Gasteiger partial charge in [-0.2, -0.15) is 15.0 Å². The van der Waals surface area contributed by atoms with E-state index < -0.39 is 12.1 Å². The van der Waals surface area contributed by atoms with Gasteiger partial charge in [-0.3, -0.25) is 0 Å². The monoisotopic (exact) mass is 306 g/mol. The van der Waals surface area contributed by atoms with E-state index in [1.807, 2.05) is 13.6 Å². The predicted octanol–water partition coefficient (Wildman–Crippen LogP) is -3.70. The Kier molecular flexibility index (Phi) is 23.1. The van der Waals surface area contributed by atoms with Crippen LogP contribution in [0.3, 0.4) is 0 Å². The first-order valence-corrected chi connectivity index (χ1v) is 4.35. The first-order chi connectivity index (χ1) is 9.65. The van der Waals surface area contributed by atoms with Gasteiger partial charge in [0.25, 0.3) is 0 Å². The molecule has 0 saturated heterocycles. The molecule has 1 rings (SSSR count). The number of rotatable bonds is 0. The molecular formula is C7H18N10O4. The Labute approximate surface area is 119 Å². The number of urea groups is 2. The van der Waals surface area contributed by atoms with Crippen molar-refractivity contribution in [2.24, 2.45) is 22.9 Å². The van der Waals surface area contributed by atoms with E-state index >= 15 is 0 Å². The molecule has 0 fully saturated rings. The summed E-state index contributed by atoms with van der Waals surface area (Å²) < 4.78 is 0. The molecule has 0 aliphatic rings. The average molecular weight is 306 g/mol. The van der Waals surface area contributed by atoms with E-state index in [1.54, 1.807) is 0 Å². The van der Waals surface area contributed by atoms with Crippen LogP contribution in [0.4, 0.5) is 27.4 Å². The third kappa shape index (κ3) is 48.4. The van der Waals surface area contributed by atoms with Crippen LogP contribution in [0.25, 0.3) is 0 Å². The van der Waals surface area contributed by atoms with Crippen molar-refractivity contribution in [3.05, 3.63) is 0 Å². The van der Waals surface area contributed by atoms with Crippen molar-refractivity contribution in [1.29, 1.82) is 0 Å². The van der Waals surface area contributed by atoms with E-state index in [9.17, 15) is 0 Å². The van der Waals surface area contributed by atoms with Crippen LogP contribution in [0, 0.1) is 0 Å². The van der Waals surface area contributed by atoms with Crippen LogP contribution < -0.4 is 40.1 Å². The highest BCUT2D eigenvalue weighted by molar-refractivity contribution is 5.69. The zero-order chi connectivity index (χ0) is 18.0. The second kappa shape index (κ2) is 18.6. The van der Waals surface area contributed by atoms with Crippen molar-refractivity contribution in [3.63, 3.8) is 0 Å². The maximum atomic E-state index is 9.00. The Hall–Kier alpha value is -3.71. The summed E-state index contributed by atoms with van der Waals surface area (Å²) in [6.45, 7) is 4.00. The molecule has 120 valence electrons. The summed E-state index contributed by atoms with van der Waals surface area (Å²) in [4.78, 5) is 44.5. The van der Waals surface area contributed by atoms with E-state index in [4.69, 9.17) is 36.4 Å². The molecule has 21 heavy (non-hydrogen) atoms. The summed E-state index contributed by atoms with van der Waals surface area (Å²) in [5.41, 5.74) is 32.4. The quantitative estimate of drug-likeness (QED) is 0.246. The lowest BCUT2D eigenvalue weighted by atomic mass is 10.9. The molecule has 1 heterocycles. The van der Waals surface area contributed by atoms with E-state index in [-0.39, 0.29) is 17.8 Å². The minimum atomic E-state index is -0.833. The van der Waals surface area contributed by atoms with Gasteiger partial charge in [0.15, 0.2) is 0 Å². The molecule has 0 aliphatic carbocycles. The Morgan fingerprint density at radius 2 is 0.714 bits per heavy atom. The molecule has 0 spiro atoms. The molecule has 0 unspecified atom stereocenters. The van der Waals surface area contributed by atoms with E-state index in [1.165, 1.54) is 0 Å². The Morgan fingerprint density at radius 3 is 0.810 bits per heavy atom. The van der Waals surface area contributed by atoms with Crippen LogP contribution in [0.1, 0.15) is 0 Å². The molecule has 14 N–H and O–H groups in total. The number of nitrogen functional groups attached to an aromatic ring is 3. The van der Waals surface area contributed by atoms with Gasteiger partial charge in [0.1, 0.15) is 13.6 Å². The highest BCUT2D eigenvalue weighted by Gasteiger charge is 1.93. The third-order valence-electron chi connectivity index (χ3n) is 0.687. The molecule has 14 heteroatoms. The van der Waals surface area contributed by atoms with Gasteiger partial charge in [-0.1, -0.05) is 0 Å². The van der Waals surface area contributed by atoms with Gasteiger partial charge in [-0.25, -0.2) is 9.59 Å². The van der Waals surface area contributed by atoms with Gasteiger partial charge in [0.05, 0.1) is 0 Å². The minimum Gasteiger partial charge on any atom is -0.368 e. The van der Waals surface area contributed by atoms with Crippen LogP contribution >= 0.6 is 0 Å². The number of hydrogen-bond donors (Lipinski definition) is 7. The lowest BCUT2D eigenvalue weighted by Gasteiger charge is -1.93. The third-order valence-corrected chi connectivity index (χ3v) is 0.687. The summed E-state index contributed by atoms with van der Waals surface area (Å²) >= 11 is 0. The largest absolute Gasteiger partial charge is 0.368 e. The van der Waals surface area contributed by atoms with E-state index in [2.05, 4.69) is 37.9 Å². The molecule has 0 aliphatic heterocycles. The van der Waals surface area contributed by atoms with Crippen molar-refractivity contribution in [3.8, 4) is 0 Å². The number of amides is 4. The van der Waals surface area contributed by atoms with Crippen LogP contribution in [0.5, 0.6) is 0 Å². The van der Waals surface area contributed by atoms with Crippen molar-refractivity contribution in [1.82, 2.24) is 15.0 Å². The van der Waals surface area contributed by atoms with Gasteiger partial charge < -0.3 is 49.7 Å². The normalized spacial score (nSPS) is 6.67. The molecule has 0 saturated carbocycles. The number of primary amides is 4. The molecule has 0 aromatic carbocycles. The number of nitrogens with zero attached hydrogens (tertiary/aromatic N) is 3. The number of carbonyl (C=O) groups excluding carboxylic acids is 4. The molecule has 4 amide bonds. The molecule has 1 aromatic heterocycles. The van der Waals surface area contributed by atoms with Crippen LogP contribution in [-0.4, -0.2) is 40.6 Å². The first kappa shape index (κ1) is 26.0. The van der Waals surface area contributed by atoms with Crippen LogP contribution in [0.15, 0.2) is 0 Å². The van der Waals surface area contributed by atoms with Gasteiger partial charge >= 0.3 is 12.1 Å². The lowest BCUT2D eigenvalue weighted by molar-refractivity contribution is -0.0987. The van der Waals surface area contributed by atoms with Crippen molar-refractivity contribution in [2.45, 2.75) is 0 Å². The van der Waals surface area contributed by atoms with Crippen molar-refractivity contribution in [2.75, 3.05) is 17.2 Å². The SMILES string of the molecule is C=O.C=O.NC(N)=O.NC(N)=O.Nc1nc(N)nc(N)n1. The smallest absolute Gasteiger partial charge is 0.309 e. The predicted molar refractivity (Wildman–Crippen MR) is 74.8 cm³/mol. The summed E-state index contributed by atoms with van der Waals surface area (Å²) in [5.74, 6) is 0.125. The van der Waals surface area contributed by atoms with E-state index in [0.29, 0.717) is 0 Å². The number of carbonyl (C=O) groups is 4. The molecule has 1 aromatic rings. The summed E-state index contributed by atoms with van der Waals surface area (Å²) in [7, 11) is 0. The van der Waals surface area contributed by atoms with Gasteiger partial charge in [0, 0.05) is 0 Å². The van der Waals surface area contributed by atoms with E-state index in [0.717, 1.165) is 0 Å². The fourth-order valence-corrected chi connectivity index (χ4v) is 0.427. The average Bonchev–Trinajstić information content (AvgIpc) is 2.30. The van der Waals surface area contributed by atoms with Crippen molar-refractivity contribution >= 4 is 43.5 Å². The maximum absolute atomic E-state index is 9.00. The minimum absolute atomic E-state index is 0.0417. The standard InChI is InChI=1S/C3H6N6.2CH4N2O.2CH2O/c4-1-7-2(5)9-3(6)8-1;2*2-1(3)4;2*1-2/h(H6,4,5,6,7,8,9);2*(H4,2,3,4);2*1H2. The molecule has 0 atom stereocenters. The molecular weight excluding hydrogens is 288 g/mol. The Balaban J connectivity index is -0.000000103. The fourth-order valence-electron chi connectivity index (χ4n) is 0.427. The zero-order valence-electron chi connectivity index (χ0n) is 10.9. The summed E-state index contributed by atoms with van der Waals surface area (Å²) in [6, 6.07) is -1.67. The molecule has 14 nitrogen and oxygen atoms in total. The van der Waals surface area contributed by atoms with Gasteiger partial charge in [0.2, 0.25) is 17.8 Å². The zero-order valence-corrected chi connectivity index (χ0v) is 10.9. The highest BCUT2D eigenvalue weighted by atomic mass is 16.2. The number of nitrogens with two attached hydrogens (primary N) is 7. The molecule has 0 radical (unpaired) electrons. The Morgan fingerprint density at radius 1 is 0.619 bits per heavy atom. The number of anilines is 3. The Bertz CT molecular complexity index is 342. The summed E-state index contributed by atoms with van der Waals surface area (Å²) in [6.07, 6.45) is 0. The van der Waals surface area contributed by atoms with Gasteiger partial charge in [-0.15, -0.1) is 0 Å². The fraction of sp³-hybridized carbons (Fsp3) is 0. The van der Waals surface area contributed by atoms with Crippen molar-refractivity contribution < 1.29 is 19.2 Å². The topological polar surface area (TPSA) is 289 Å².